The van der Waals surface area contributed by atoms with E-state index in [0.717, 1.165) is 3.57 Å². The van der Waals surface area contributed by atoms with Gasteiger partial charge in [0, 0.05) is 5.39 Å². The normalized spacial score (nSPS) is 10.8. The molecule has 0 atom stereocenters. The van der Waals surface area contributed by atoms with Gasteiger partial charge in [-0.2, -0.15) is 0 Å². The molecule has 1 heterocycles. The summed E-state index contributed by atoms with van der Waals surface area (Å²) in [5, 5.41) is 20.8. The van der Waals surface area contributed by atoms with Crippen LogP contribution in [0.25, 0.3) is 10.9 Å². The first-order chi connectivity index (χ1) is 9.68. The Bertz CT molecular complexity index is 828. The Hall–Kier alpha value is -2.02. The van der Waals surface area contributed by atoms with E-state index in [2.05, 4.69) is 0 Å². The fourth-order valence-electron chi connectivity index (χ4n) is 1.95. The zero-order chi connectivity index (χ0) is 14.1. The van der Waals surface area contributed by atoms with Crippen LogP contribution in [0, 0.1) is 7.14 Å². The summed E-state index contributed by atoms with van der Waals surface area (Å²) in [6.45, 7) is 0. The molecule has 100 valence electrons. The molecule has 3 aromatic rings. The quantitative estimate of drug-likeness (QED) is 0.446. The Morgan fingerprint density at radius 1 is 0.950 bits per heavy atom. The first-order valence-electron chi connectivity index (χ1n) is 5.94. The van der Waals surface area contributed by atoms with Gasteiger partial charge in [-0.3, -0.25) is 4.79 Å². The predicted octanol–water partition coefficient (Wildman–Crippen LogP) is -0.927. The third kappa shape index (κ3) is 2.14. The van der Waals surface area contributed by atoms with Crippen molar-refractivity contribution < 1.29 is 31.5 Å². The minimum atomic E-state index is -0.850. The van der Waals surface area contributed by atoms with Gasteiger partial charge in [-0.15, -0.1) is 4.73 Å². The predicted molar refractivity (Wildman–Crippen MR) is 70.9 cm³/mol. The van der Waals surface area contributed by atoms with Crippen LogP contribution in [-0.4, -0.2) is 15.0 Å². The number of aromatic hydroxyl groups is 1. The first-order valence-corrected chi connectivity index (χ1v) is 8.10. The van der Waals surface area contributed by atoms with Crippen molar-refractivity contribution in [1.29, 1.82) is 0 Å². The van der Waals surface area contributed by atoms with Crippen molar-refractivity contribution in [2.75, 3.05) is 0 Å². The van der Waals surface area contributed by atoms with Crippen LogP contribution in [0.2, 0.25) is 0 Å². The van der Waals surface area contributed by atoms with Gasteiger partial charge in [0.1, 0.15) is 0 Å². The van der Waals surface area contributed by atoms with Gasteiger partial charge < -0.3 is 10.3 Å². The molecule has 0 bridgehead atoms. The van der Waals surface area contributed by atoms with Crippen LogP contribution in [-0.2, 0) is 0 Å². The van der Waals surface area contributed by atoms with Gasteiger partial charge in [0.05, 0.1) is 5.52 Å². The number of pyridine rings is 1. The van der Waals surface area contributed by atoms with Gasteiger partial charge in [0.25, 0.3) is 0 Å². The molecule has 0 aliphatic carbocycles. The Morgan fingerprint density at radius 2 is 1.60 bits per heavy atom. The average molecular weight is 380 g/mol. The molecule has 4 nitrogen and oxygen atoms in total. The van der Waals surface area contributed by atoms with Gasteiger partial charge in [-0.25, -0.2) is 0 Å². The number of nitrogens with zero attached hydrogens (tertiary/aromatic N) is 1. The molecule has 20 heavy (non-hydrogen) atoms. The van der Waals surface area contributed by atoms with E-state index in [1.54, 1.807) is 24.3 Å². The summed E-state index contributed by atoms with van der Waals surface area (Å²) in [5.74, 6) is -0.0208. The van der Waals surface area contributed by atoms with Crippen molar-refractivity contribution in [3.63, 3.8) is 0 Å². The van der Waals surface area contributed by atoms with Crippen molar-refractivity contribution >= 4 is 10.9 Å². The molecule has 1 aromatic heterocycles. The van der Waals surface area contributed by atoms with E-state index in [1.165, 1.54) is 0 Å². The molecule has 0 aliphatic heterocycles. The summed E-state index contributed by atoms with van der Waals surface area (Å²) in [4.78, 5) is 12.2. The number of fused-ring (bicyclic) bond motifs is 1. The highest BCUT2D eigenvalue weighted by Crippen LogP contribution is 2.21. The number of para-hydroxylation sites is 1. The molecule has 2 aromatic carbocycles. The van der Waals surface area contributed by atoms with E-state index in [9.17, 15) is 15.1 Å². The number of benzene rings is 2. The monoisotopic (exact) mass is 380 g/mol. The van der Waals surface area contributed by atoms with E-state index < -0.39 is 26.8 Å². The minimum Gasteiger partial charge on any atom is -0.503 e. The van der Waals surface area contributed by atoms with Crippen molar-refractivity contribution in [2.45, 2.75) is 0 Å². The van der Waals surface area contributed by atoms with E-state index in [-0.39, 0.29) is 5.75 Å². The van der Waals surface area contributed by atoms with Gasteiger partial charge >= 0.3 is 30.3 Å². The fourth-order valence-corrected chi connectivity index (χ4v) is 4.36. The van der Waals surface area contributed by atoms with Crippen molar-refractivity contribution in [2.24, 2.45) is 0 Å². The third-order valence-electron chi connectivity index (χ3n) is 2.91. The van der Waals surface area contributed by atoms with E-state index in [1.807, 2.05) is 30.3 Å². The van der Waals surface area contributed by atoms with Gasteiger partial charge in [-0.05, 0) is 24.3 Å². The zero-order valence-corrected chi connectivity index (χ0v) is 12.5. The molecule has 0 saturated carbocycles. The topological polar surface area (TPSA) is 62.5 Å². The lowest BCUT2D eigenvalue weighted by Crippen LogP contribution is -3.62. The van der Waals surface area contributed by atoms with Gasteiger partial charge in [0.15, 0.2) is 9.32 Å². The maximum atomic E-state index is 12.2. The molecule has 3 rings (SSSR count). The number of halogens is 1. The molecule has 0 saturated heterocycles. The van der Waals surface area contributed by atoms with Gasteiger partial charge in [0.2, 0.25) is 0 Å². The fraction of sp³-hybridized carbons (Fsp3) is 0. The minimum absolute atomic E-state index is 0.0208. The molecule has 5 heteroatoms. The van der Waals surface area contributed by atoms with Crippen LogP contribution < -0.4 is 26.8 Å². The highest BCUT2D eigenvalue weighted by Gasteiger charge is 2.28. The van der Waals surface area contributed by atoms with E-state index in [0.29, 0.717) is 19.2 Å². The molecule has 2 N–H and O–H groups in total. The van der Waals surface area contributed by atoms with Crippen molar-refractivity contribution in [3.8, 4) is 5.75 Å². The number of rotatable bonds is 2. The highest BCUT2D eigenvalue weighted by molar-refractivity contribution is 5.84. The Labute approximate surface area is 125 Å². The lowest BCUT2D eigenvalue weighted by atomic mass is 10.2. The van der Waals surface area contributed by atoms with Gasteiger partial charge in [-0.1, -0.05) is 30.3 Å². The van der Waals surface area contributed by atoms with Crippen molar-refractivity contribution in [3.05, 3.63) is 72.1 Å². The first kappa shape index (κ1) is 13.0. The second-order valence-corrected chi connectivity index (χ2v) is 7.05. The maximum Gasteiger partial charge on any atom is 0.368 e. The van der Waals surface area contributed by atoms with Crippen LogP contribution in [0.5, 0.6) is 5.75 Å². The Morgan fingerprint density at radius 3 is 2.35 bits per heavy atom. The van der Waals surface area contributed by atoms with Crippen LogP contribution in [0.4, 0.5) is 0 Å². The van der Waals surface area contributed by atoms with E-state index in [4.69, 9.17) is 0 Å². The second kappa shape index (κ2) is 5.16. The molecule has 0 fully saturated rings. The smallest absolute Gasteiger partial charge is 0.368 e. The van der Waals surface area contributed by atoms with Crippen molar-refractivity contribution in [1.82, 2.24) is 4.73 Å². The van der Waals surface area contributed by atoms with Crippen LogP contribution in [0.1, 0.15) is 0 Å². The number of hydrogen-bond acceptors (Lipinski definition) is 3. The van der Waals surface area contributed by atoms with E-state index >= 15 is 0 Å². The molecule has 0 radical (unpaired) electrons. The lowest BCUT2D eigenvalue weighted by molar-refractivity contribution is -0.600. The Balaban J connectivity index is 2.23. The molecule has 0 amide bonds. The highest BCUT2D eigenvalue weighted by atomic mass is 127. The largest absolute Gasteiger partial charge is 0.503 e. The van der Waals surface area contributed by atoms with Crippen LogP contribution in [0.15, 0.2) is 59.4 Å². The van der Waals surface area contributed by atoms with Crippen LogP contribution >= 0.6 is 0 Å². The number of aromatic nitrogens is 1. The average Bonchev–Trinajstić information content (AvgIpc) is 2.50. The molecule has 0 unspecified atom stereocenters. The molecular formula is C15H11INO3+. The summed E-state index contributed by atoms with van der Waals surface area (Å²) < 4.78 is 1.93. The summed E-state index contributed by atoms with van der Waals surface area (Å²) >= 11 is -0.850. The molecule has 0 aliphatic rings. The summed E-state index contributed by atoms with van der Waals surface area (Å²) in [6.07, 6.45) is 0. The summed E-state index contributed by atoms with van der Waals surface area (Å²) in [6, 6.07) is 16.3. The summed E-state index contributed by atoms with van der Waals surface area (Å²) in [7, 11) is 0. The second-order valence-electron chi connectivity index (χ2n) is 4.19. The Kier molecular flexibility index (Phi) is 3.35. The maximum absolute atomic E-state index is 12.2. The molecular weight excluding hydrogens is 369 g/mol. The van der Waals surface area contributed by atoms with Crippen LogP contribution in [0.3, 0.4) is 0 Å². The number of hydrogen-bond donors (Lipinski definition) is 2. The molecule has 0 spiro atoms. The lowest BCUT2D eigenvalue weighted by Gasteiger charge is -2.04. The third-order valence-corrected chi connectivity index (χ3v) is 5.77. The standard InChI is InChI=1S/C15H10INO3/c18-14-11-8-4-5-9-12(11)17(20)15(19)13(14)16-10-6-2-1-3-7-10/h1-9,20H/p+1. The summed E-state index contributed by atoms with van der Waals surface area (Å²) in [5.41, 5.74) is -0.228. The zero-order valence-electron chi connectivity index (χ0n) is 10.3. The SMILES string of the molecule is O=c1c([I+]c2ccccc2)c(O)c2ccccc2n1O.